The van der Waals surface area contributed by atoms with Gasteiger partial charge in [0.15, 0.2) is 6.61 Å². The summed E-state index contributed by atoms with van der Waals surface area (Å²) in [5.41, 5.74) is 0.862. The lowest BCUT2D eigenvalue weighted by molar-refractivity contribution is -0.159. The summed E-state index contributed by atoms with van der Waals surface area (Å²) < 4.78 is 9.52. The first-order valence-electron chi connectivity index (χ1n) is 5.52. The summed E-state index contributed by atoms with van der Waals surface area (Å²) in [6, 6.07) is 9.27. The summed E-state index contributed by atoms with van der Waals surface area (Å²) in [7, 11) is 0. The molecule has 0 amide bonds. The highest BCUT2D eigenvalue weighted by Crippen LogP contribution is 2.15. The molecule has 0 N–H and O–H groups in total. The van der Waals surface area contributed by atoms with Gasteiger partial charge < -0.3 is 9.47 Å². The lowest BCUT2D eigenvalue weighted by Gasteiger charge is -2.11. The highest BCUT2D eigenvalue weighted by Gasteiger charge is 2.17. The molecule has 1 atom stereocenters. The van der Waals surface area contributed by atoms with Crippen LogP contribution in [0.5, 0.6) is 0 Å². The van der Waals surface area contributed by atoms with E-state index in [-0.39, 0.29) is 19.1 Å². The summed E-state index contributed by atoms with van der Waals surface area (Å²) in [6.07, 6.45) is 0. The van der Waals surface area contributed by atoms with Crippen LogP contribution in [0, 0.1) is 0 Å². The van der Waals surface area contributed by atoms with Crippen molar-refractivity contribution >= 4 is 11.9 Å². The predicted molar refractivity (Wildman–Crippen MR) is 62.4 cm³/mol. The first-order valence-corrected chi connectivity index (χ1v) is 5.52. The van der Waals surface area contributed by atoms with Crippen LogP contribution < -0.4 is 0 Å². The Morgan fingerprint density at radius 3 is 2.41 bits per heavy atom. The number of rotatable bonds is 5. The molecule has 0 aliphatic rings. The predicted octanol–water partition coefficient (Wildman–Crippen LogP) is 1.90. The van der Waals surface area contributed by atoms with Crippen LogP contribution in [0.25, 0.3) is 0 Å². The number of ether oxygens (including phenoxy) is 2. The molecule has 1 unspecified atom stereocenters. The summed E-state index contributed by atoms with van der Waals surface area (Å²) in [6.45, 7) is 3.39. The molecule has 4 heteroatoms. The minimum absolute atomic E-state index is 0.282. The van der Waals surface area contributed by atoms with Crippen LogP contribution in [-0.4, -0.2) is 25.2 Å². The van der Waals surface area contributed by atoms with E-state index in [9.17, 15) is 9.59 Å². The van der Waals surface area contributed by atoms with Gasteiger partial charge in [-0.15, -0.1) is 0 Å². The molecule has 0 heterocycles. The maximum absolute atomic E-state index is 11.6. The van der Waals surface area contributed by atoms with Gasteiger partial charge >= 0.3 is 11.9 Å². The van der Waals surface area contributed by atoms with E-state index >= 15 is 0 Å². The van der Waals surface area contributed by atoms with Crippen LogP contribution in [0.2, 0.25) is 0 Å². The third kappa shape index (κ3) is 4.26. The third-order valence-electron chi connectivity index (χ3n) is 2.29. The Balaban J connectivity index is 2.45. The lowest BCUT2D eigenvalue weighted by atomic mass is 10.0. The quantitative estimate of drug-likeness (QED) is 0.733. The summed E-state index contributed by atoms with van der Waals surface area (Å²) in [5, 5.41) is 0. The second-order valence-electron chi connectivity index (χ2n) is 3.55. The third-order valence-corrected chi connectivity index (χ3v) is 2.29. The molecule has 0 aromatic heterocycles. The van der Waals surface area contributed by atoms with Crippen molar-refractivity contribution in [3.05, 3.63) is 35.9 Å². The molecule has 0 saturated heterocycles. The fourth-order valence-electron chi connectivity index (χ4n) is 1.34. The zero-order valence-corrected chi connectivity index (χ0v) is 10.0. The van der Waals surface area contributed by atoms with E-state index in [2.05, 4.69) is 4.74 Å². The van der Waals surface area contributed by atoms with Crippen LogP contribution in [0.1, 0.15) is 25.3 Å². The molecular formula is C13H16O4. The van der Waals surface area contributed by atoms with Crippen molar-refractivity contribution in [2.75, 3.05) is 13.2 Å². The Bertz CT molecular complexity index is 372. The maximum Gasteiger partial charge on any atom is 0.344 e. The van der Waals surface area contributed by atoms with Gasteiger partial charge in [-0.1, -0.05) is 30.3 Å². The normalized spacial score (nSPS) is 11.6. The average Bonchev–Trinajstić information content (AvgIpc) is 2.36. The molecule has 0 aliphatic carbocycles. The van der Waals surface area contributed by atoms with Gasteiger partial charge in [-0.05, 0) is 19.4 Å². The molecule has 0 spiro atoms. The van der Waals surface area contributed by atoms with E-state index in [1.165, 1.54) is 0 Å². The van der Waals surface area contributed by atoms with E-state index < -0.39 is 11.9 Å². The van der Waals surface area contributed by atoms with E-state index in [0.29, 0.717) is 0 Å². The number of carbonyl (C=O) groups excluding carboxylic acids is 2. The Morgan fingerprint density at radius 1 is 1.18 bits per heavy atom. The van der Waals surface area contributed by atoms with Crippen molar-refractivity contribution in [3.8, 4) is 0 Å². The topological polar surface area (TPSA) is 52.6 Å². The monoisotopic (exact) mass is 236 g/mol. The van der Waals surface area contributed by atoms with Crippen LogP contribution in [0.3, 0.4) is 0 Å². The van der Waals surface area contributed by atoms with Crippen molar-refractivity contribution in [2.45, 2.75) is 19.8 Å². The second-order valence-corrected chi connectivity index (χ2v) is 3.55. The number of carbonyl (C=O) groups is 2. The number of hydrogen-bond acceptors (Lipinski definition) is 4. The summed E-state index contributed by atoms with van der Waals surface area (Å²) >= 11 is 0. The first kappa shape index (κ1) is 13.2. The van der Waals surface area contributed by atoms with Crippen LogP contribution in [0.15, 0.2) is 30.3 Å². The van der Waals surface area contributed by atoms with Crippen LogP contribution in [0.4, 0.5) is 0 Å². The first-order chi connectivity index (χ1) is 8.15. The van der Waals surface area contributed by atoms with Gasteiger partial charge in [0.25, 0.3) is 0 Å². The fourth-order valence-corrected chi connectivity index (χ4v) is 1.34. The Kier molecular flexibility index (Phi) is 5.20. The van der Waals surface area contributed by atoms with E-state index in [0.717, 1.165) is 5.56 Å². The zero-order valence-electron chi connectivity index (χ0n) is 10.0. The fraction of sp³-hybridized carbons (Fsp3) is 0.385. The molecular weight excluding hydrogens is 220 g/mol. The van der Waals surface area contributed by atoms with E-state index in [4.69, 9.17) is 4.74 Å². The minimum atomic E-state index is -0.527. The van der Waals surface area contributed by atoms with Crippen molar-refractivity contribution in [3.63, 3.8) is 0 Å². The number of hydrogen-bond donors (Lipinski definition) is 0. The molecule has 0 radical (unpaired) electrons. The molecule has 0 fully saturated rings. The molecule has 1 rings (SSSR count). The summed E-state index contributed by atoms with van der Waals surface area (Å²) in [5.74, 6) is -1.34. The van der Waals surface area contributed by atoms with Gasteiger partial charge in [0.1, 0.15) is 0 Å². The van der Waals surface area contributed by atoms with Crippen molar-refractivity contribution in [1.29, 1.82) is 0 Å². The standard InChI is InChI=1S/C13H16O4/c1-3-16-12(14)9-17-13(15)10(2)11-7-5-4-6-8-11/h4-8,10H,3,9H2,1-2H3. The highest BCUT2D eigenvalue weighted by atomic mass is 16.6. The SMILES string of the molecule is CCOC(=O)COC(=O)C(C)c1ccccc1. The molecule has 4 nitrogen and oxygen atoms in total. The minimum Gasteiger partial charge on any atom is -0.463 e. The Morgan fingerprint density at radius 2 is 1.82 bits per heavy atom. The smallest absolute Gasteiger partial charge is 0.344 e. The van der Waals surface area contributed by atoms with Crippen LogP contribution in [-0.2, 0) is 19.1 Å². The van der Waals surface area contributed by atoms with Crippen molar-refractivity contribution in [1.82, 2.24) is 0 Å². The molecule has 92 valence electrons. The number of benzene rings is 1. The molecule has 0 aliphatic heterocycles. The molecule has 1 aromatic rings. The molecule has 0 saturated carbocycles. The van der Waals surface area contributed by atoms with Crippen LogP contribution >= 0.6 is 0 Å². The maximum atomic E-state index is 11.6. The van der Waals surface area contributed by atoms with Gasteiger partial charge in [0, 0.05) is 0 Å². The molecule has 1 aromatic carbocycles. The van der Waals surface area contributed by atoms with Crippen molar-refractivity contribution < 1.29 is 19.1 Å². The van der Waals surface area contributed by atoms with E-state index in [1.54, 1.807) is 13.8 Å². The Hall–Kier alpha value is -1.84. The molecule has 0 bridgehead atoms. The lowest BCUT2D eigenvalue weighted by Crippen LogP contribution is -2.19. The number of esters is 2. The Labute approximate surface area is 101 Å². The van der Waals surface area contributed by atoms with Crippen molar-refractivity contribution in [2.24, 2.45) is 0 Å². The summed E-state index contributed by atoms with van der Waals surface area (Å²) in [4.78, 5) is 22.6. The largest absolute Gasteiger partial charge is 0.463 e. The van der Waals surface area contributed by atoms with Gasteiger partial charge in [0.2, 0.25) is 0 Å². The van der Waals surface area contributed by atoms with Gasteiger partial charge in [-0.3, -0.25) is 4.79 Å². The second kappa shape index (κ2) is 6.68. The van der Waals surface area contributed by atoms with Gasteiger partial charge in [-0.25, -0.2) is 4.79 Å². The highest BCUT2D eigenvalue weighted by molar-refractivity contribution is 5.80. The zero-order chi connectivity index (χ0) is 12.7. The van der Waals surface area contributed by atoms with Gasteiger partial charge in [0.05, 0.1) is 12.5 Å². The van der Waals surface area contributed by atoms with E-state index in [1.807, 2.05) is 30.3 Å². The molecule has 17 heavy (non-hydrogen) atoms. The average molecular weight is 236 g/mol. The van der Waals surface area contributed by atoms with Gasteiger partial charge in [-0.2, -0.15) is 0 Å².